The zero-order valence-electron chi connectivity index (χ0n) is 39.4. The molecule has 2 aliphatic rings. The Balaban J connectivity index is 0.853. The topological polar surface area (TPSA) is 140 Å². The molecule has 2 fully saturated rings. The Hall–Kier alpha value is -7.81. The van der Waals surface area contributed by atoms with Gasteiger partial charge in [0.05, 0.1) is 45.0 Å². The van der Waals surface area contributed by atoms with Crippen LogP contribution in [0.15, 0.2) is 110 Å². The van der Waals surface area contributed by atoms with Crippen LogP contribution in [-0.2, 0) is 12.8 Å². The Morgan fingerprint density at radius 3 is 1.90 bits per heavy atom. The molecule has 15 heteroatoms. The first kappa shape index (κ1) is 44.0. The summed E-state index contributed by atoms with van der Waals surface area (Å²) in [4.78, 5) is 42.8. The Bertz CT molecular complexity index is 3060. The molecule has 4 aromatic carbocycles. The Kier molecular flexibility index (Phi) is 12.4. The molecule has 10 rings (SSSR count). The van der Waals surface area contributed by atoms with Crippen LogP contribution < -0.4 is 38.5 Å². The summed E-state index contributed by atoms with van der Waals surface area (Å²) in [5.74, 6) is 6.00. The number of pyridine rings is 1. The largest absolute Gasteiger partial charge is 0.493 e. The van der Waals surface area contributed by atoms with Crippen molar-refractivity contribution in [2.75, 3.05) is 93.9 Å². The number of aryl methyl sites for hydroxylation is 1. The monoisotopic (exact) mass is 909 g/mol. The van der Waals surface area contributed by atoms with Gasteiger partial charge < -0.3 is 38.5 Å². The molecular formula is C53H55N11O4. The number of hydrogen-bond donors (Lipinski definition) is 0. The highest BCUT2D eigenvalue weighted by molar-refractivity contribution is 6.04. The highest BCUT2D eigenvalue weighted by Crippen LogP contribution is 2.46. The average molecular weight is 910 g/mol. The molecule has 0 radical (unpaired) electrons. The molecule has 0 bridgehead atoms. The lowest BCUT2D eigenvalue weighted by atomic mass is 9.93. The van der Waals surface area contributed by atoms with Gasteiger partial charge in [-0.3, -0.25) is 0 Å². The third kappa shape index (κ3) is 8.67. The van der Waals surface area contributed by atoms with Crippen molar-refractivity contribution in [1.29, 1.82) is 0 Å². The fourth-order valence-electron chi connectivity index (χ4n) is 9.63. The second-order valence-electron chi connectivity index (χ2n) is 17.4. The van der Waals surface area contributed by atoms with E-state index in [2.05, 4.69) is 98.0 Å². The number of rotatable bonds is 13. The van der Waals surface area contributed by atoms with E-state index in [0.717, 1.165) is 131 Å². The van der Waals surface area contributed by atoms with Crippen LogP contribution >= 0.6 is 0 Å². The predicted molar refractivity (Wildman–Crippen MR) is 267 cm³/mol. The second-order valence-corrected chi connectivity index (χ2v) is 17.4. The van der Waals surface area contributed by atoms with Crippen molar-refractivity contribution in [2.24, 2.45) is 0 Å². The Morgan fingerprint density at radius 1 is 0.544 bits per heavy atom. The molecule has 346 valence electrons. The third-order valence-electron chi connectivity index (χ3n) is 13.2. The van der Waals surface area contributed by atoms with Gasteiger partial charge in [-0.1, -0.05) is 54.6 Å². The number of benzene rings is 4. The number of piperazine rings is 2. The molecule has 4 aromatic heterocycles. The molecule has 68 heavy (non-hydrogen) atoms. The zero-order chi connectivity index (χ0) is 46.7. The van der Waals surface area contributed by atoms with Gasteiger partial charge >= 0.3 is 0 Å². The minimum Gasteiger partial charge on any atom is -0.493 e. The number of ether oxygens (including phenoxy) is 4. The standard InChI is InChI=1S/C53H55N11O4/c1-34-12-13-37(23-38-14-15-47(54-28-38)61-16-18-62(19-17-61)51-41-25-44(65-3)45(66-4)27-43(41)57-32-59-51)24-40(34)48-49-42(26-46(67-5)50(48)68-6)52(60-33-58-49)63-20-21-64(35(2)31-63)53-55-29-39(30-56-53)22-36-10-8-7-9-11-36/h7-15,24-30,32-33,35H,16-23,31H2,1-6H3. The van der Waals surface area contributed by atoms with Gasteiger partial charge in [0.1, 0.15) is 30.1 Å². The van der Waals surface area contributed by atoms with E-state index in [1.807, 2.05) is 42.9 Å². The lowest BCUT2D eigenvalue weighted by molar-refractivity contribution is 0.356. The SMILES string of the molecule is COc1cc2ncnc(N3CCN(c4ccc(Cc5ccc(C)c(-c6c(OC)c(OC)cc7c(N8CCN(c9ncc(Cc%10ccccc%10)cn9)C(C)C8)ncnc67)c5)cn4)CC3)c2cc1OC. The highest BCUT2D eigenvalue weighted by atomic mass is 16.5. The molecular weight excluding hydrogens is 855 g/mol. The summed E-state index contributed by atoms with van der Waals surface area (Å²) in [6, 6.07) is 27.3. The number of anilines is 4. The first-order valence-corrected chi connectivity index (χ1v) is 23.0. The van der Waals surface area contributed by atoms with Crippen LogP contribution in [0.4, 0.5) is 23.4 Å². The van der Waals surface area contributed by atoms with E-state index < -0.39 is 0 Å². The van der Waals surface area contributed by atoms with Crippen LogP contribution in [0.25, 0.3) is 32.9 Å². The van der Waals surface area contributed by atoms with Crippen molar-refractivity contribution in [2.45, 2.75) is 32.7 Å². The van der Waals surface area contributed by atoms with Crippen molar-refractivity contribution in [1.82, 2.24) is 34.9 Å². The summed E-state index contributed by atoms with van der Waals surface area (Å²) in [6.07, 6.45) is 10.7. The number of nitrogens with zero attached hydrogens (tertiary/aromatic N) is 11. The van der Waals surface area contributed by atoms with E-state index in [1.54, 1.807) is 41.1 Å². The van der Waals surface area contributed by atoms with Gasteiger partial charge in [0.25, 0.3) is 0 Å². The van der Waals surface area contributed by atoms with Gasteiger partial charge in [0.15, 0.2) is 23.0 Å². The molecule has 8 aromatic rings. The van der Waals surface area contributed by atoms with E-state index in [9.17, 15) is 0 Å². The van der Waals surface area contributed by atoms with Crippen molar-refractivity contribution < 1.29 is 18.9 Å². The molecule has 15 nitrogen and oxygen atoms in total. The van der Waals surface area contributed by atoms with Crippen molar-refractivity contribution in [3.63, 3.8) is 0 Å². The van der Waals surface area contributed by atoms with Gasteiger partial charge in [-0.25, -0.2) is 34.9 Å². The molecule has 1 unspecified atom stereocenters. The smallest absolute Gasteiger partial charge is 0.225 e. The molecule has 2 aliphatic heterocycles. The lowest BCUT2D eigenvalue weighted by Crippen LogP contribution is -2.53. The van der Waals surface area contributed by atoms with Crippen molar-refractivity contribution >= 4 is 45.2 Å². The van der Waals surface area contributed by atoms with Gasteiger partial charge in [0.2, 0.25) is 5.95 Å². The number of hydrogen-bond acceptors (Lipinski definition) is 15. The van der Waals surface area contributed by atoms with Crippen molar-refractivity contribution in [3.8, 4) is 34.1 Å². The van der Waals surface area contributed by atoms with E-state index in [-0.39, 0.29) is 6.04 Å². The van der Waals surface area contributed by atoms with Gasteiger partial charge in [-0.2, -0.15) is 0 Å². The van der Waals surface area contributed by atoms with Gasteiger partial charge in [-0.05, 0) is 71.8 Å². The van der Waals surface area contributed by atoms with E-state index in [0.29, 0.717) is 29.4 Å². The summed E-state index contributed by atoms with van der Waals surface area (Å²) in [5, 5.41) is 1.84. The third-order valence-corrected chi connectivity index (χ3v) is 13.2. The van der Waals surface area contributed by atoms with Gasteiger partial charge in [0, 0.05) is 93.7 Å². The minimum atomic E-state index is 0.133. The highest BCUT2D eigenvalue weighted by Gasteiger charge is 2.30. The number of methoxy groups -OCH3 is 4. The predicted octanol–water partition coefficient (Wildman–Crippen LogP) is 7.99. The van der Waals surface area contributed by atoms with Gasteiger partial charge in [-0.15, -0.1) is 0 Å². The fraction of sp³-hybridized carbons (Fsp3) is 0.302. The molecule has 1 atom stereocenters. The van der Waals surface area contributed by atoms with Crippen LogP contribution in [0.2, 0.25) is 0 Å². The first-order valence-electron chi connectivity index (χ1n) is 23.0. The number of aromatic nitrogens is 7. The van der Waals surface area contributed by atoms with Crippen LogP contribution in [0.5, 0.6) is 23.0 Å². The minimum absolute atomic E-state index is 0.133. The summed E-state index contributed by atoms with van der Waals surface area (Å²) < 4.78 is 23.3. The van der Waals surface area contributed by atoms with E-state index in [4.69, 9.17) is 43.9 Å². The zero-order valence-corrected chi connectivity index (χ0v) is 39.4. The summed E-state index contributed by atoms with van der Waals surface area (Å²) in [6.45, 7) is 9.75. The molecule has 0 spiro atoms. The van der Waals surface area contributed by atoms with Crippen LogP contribution in [0, 0.1) is 6.92 Å². The average Bonchev–Trinajstić information content (AvgIpc) is 3.38. The van der Waals surface area contributed by atoms with Crippen LogP contribution in [0.1, 0.15) is 34.7 Å². The normalized spacial score (nSPS) is 15.2. The molecule has 0 amide bonds. The Labute approximate surface area is 396 Å². The molecule has 6 heterocycles. The first-order chi connectivity index (χ1) is 33.3. The number of fused-ring (bicyclic) bond motifs is 2. The molecule has 0 N–H and O–H groups in total. The summed E-state index contributed by atoms with van der Waals surface area (Å²) in [5.41, 5.74) is 9.21. The van der Waals surface area contributed by atoms with E-state index in [1.165, 1.54) is 5.56 Å². The maximum atomic E-state index is 6.14. The maximum Gasteiger partial charge on any atom is 0.225 e. The quantitative estimate of drug-likeness (QED) is 0.110. The summed E-state index contributed by atoms with van der Waals surface area (Å²) >= 11 is 0. The fourth-order valence-corrected chi connectivity index (χ4v) is 9.63. The van der Waals surface area contributed by atoms with E-state index >= 15 is 0 Å². The van der Waals surface area contributed by atoms with Crippen molar-refractivity contribution in [3.05, 3.63) is 138 Å². The summed E-state index contributed by atoms with van der Waals surface area (Å²) in [7, 11) is 6.64. The second kappa shape index (κ2) is 19.2. The Morgan fingerprint density at radius 2 is 1.19 bits per heavy atom. The molecule has 0 saturated carbocycles. The van der Waals surface area contributed by atoms with Crippen LogP contribution in [0.3, 0.4) is 0 Å². The maximum absolute atomic E-state index is 6.14. The molecule has 2 saturated heterocycles. The lowest BCUT2D eigenvalue weighted by Gasteiger charge is -2.40. The molecule has 0 aliphatic carbocycles. The van der Waals surface area contributed by atoms with Crippen LogP contribution in [-0.4, -0.2) is 115 Å².